The second kappa shape index (κ2) is 10.0. The normalized spacial score (nSPS) is 17.5. The van der Waals surface area contributed by atoms with Crippen LogP contribution in [0.25, 0.3) is 5.82 Å². The molecule has 1 aromatic carbocycles. The first kappa shape index (κ1) is 25.0. The van der Waals surface area contributed by atoms with Crippen molar-refractivity contribution in [3.05, 3.63) is 95.7 Å². The van der Waals surface area contributed by atoms with Crippen LogP contribution in [0.15, 0.2) is 79.3 Å². The van der Waals surface area contributed by atoms with Crippen LogP contribution < -0.4 is 19.7 Å². The molecule has 1 saturated heterocycles. The fraction of sp³-hybridized carbons (Fsp3) is 0.160. The largest absolute Gasteiger partial charge is 0.495 e. The zero-order chi connectivity index (χ0) is 26.2. The summed E-state index contributed by atoms with van der Waals surface area (Å²) in [4.78, 5) is 11.0. The van der Waals surface area contributed by atoms with Crippen molar-refractivity contribution in [2.24, 2.45) is 0 Å². The summed E-state index contributed by atoms with van der Waals surface area (Å²) in [6.45, 7) is 0. The van der Waals surface area contributed by atoms with Crippen LogP contribution in [0.2, 0.25) is 5.02 Å². The fourth-order valence-corrected chi connectivity index (χ4v) is 5.43. The number of pyridine rings is 2. The SMILES string of the molecule is COc1ccc(N2C(=S)N[C@H](c3ccccn3)[C@@H]2c2cccn2-c2ccc(Cl)cn2)cc1NS(C)(=O)=O. The zero-order valence-electron chi connectivity index (χ0n) is 19.9. The maximum absolute atomic E-state index is 12.0. The minimum absolute atomic E-state index is 0.303. The topological polar surface area (TPSA) is 101 Å². The highest BCUT2D eigenvalue weighted by Crippen LogP contribution is 2.43. The van der Waals surface area contributed by atoms with Crippen LogP contribution in [0.1, 0.15) is 23.5 Å². The van der Waals surface area contributed by atoms with E-state index in [1.54, 1.807) is 30.6 Å². The number of nitrogens with zero attached hydrogens (tertiary/aromatic N) is 4. The van der Waals surface area contributed by atoms with Crippen LogP contribution >= 0.6 is 23.8 Å². The van der Waals surface area contributed by atoms with Crippen molar-refractivity contribution in [3.63, 3.8) is 0 Å². The van der Waals surface area contributed by atoms with E-state index in [2.05, 4.69) is 20.0 Å². The molecular formula is C25H23ClN6O3S2. The van der Waals surface area contributed by atoms with Gasteiger partial charge < -0.3 is 19.5 Å². The quantitative estimate of drug-likeness (QED) is 0.323. The fourth-order valence-electron chi connectivity index (χ4n) is 4.41. The minimum Gasteiger partial charge on any atom is -0.495 e. The molecule has 1 aliphatic rings. The van der Waals surface area contributed by atoms with E-state index in [1.165, 1.54) is 7.11 Å². The molecular weight excluding hydrogens is 532 g/mol. The van der Waals surface area contributed by atoms with Gasteiger partial charge >= 0.3 is 0 Å². The van der Waals surface area contributed by atoms with E-state index in [1.807, 2.05) is 58.1 Å². The van der Waals surface area contributed by atoms with Gasteiger partial charge in [0.15, 0.2) is 5.11 Å². The van der Waals surface area contributed by atoms with Gasteiger partial charge in [0.2, 0.25) is 10.0 Å². The standard InChI is InChI=1S/C25H23ClN6O3S2/c1-35-21-10-9-17(14-19(21)30-37(2,33)34)32-24(23(29-25(32)36)18-6-3-4-12-27-18)20-7-5-13-31(20)22-11-8-16(26)15-28-22/h3-15,23-24,30H,1-2H3,(H,29,36)/t23-,24+/m1/s1. The molecule has 3 aromatic heterocycles. The first-order valence-electron chi connectivity index (χ1n) is 11.2. The number of aromatic nitrogens is 3. The summed E-state index contributed by atoms with van der Waals surface area (Å²) in [6, 6.07) is 17.9. The molecule has 1 aliphatic heterocycles. The number of rotatable bonds is 7. The summed E-state index contributed by atoms with van der Waals surface area (Å²) in [5, 5.41) is 4.42. The number of sulfonamides is 1. The van der Waals surface area contributed by atoms with E-state index in [0.29, 0.717) is 33.1 Å². The number of methoxy groups -OCH3 is 1. The molecule has 0 spiro atoms. The summed E-state index contributed by atoms with van der Waals surface area (Å²) < 4.78 is 34.0. The number of anilines is 2. The Bertz CT molecular complexity index is 1540. The maximum atomic E-state index is 12.0. The molecule has 190 valence electrons. The Morgan fingerprint density at radius 1 is 1.11 bits per heavy atom. The Kier molecular flexibility index (Phi) is 6.76. The molecule has 0 aliphatic carbocycles. The molecule has 2 N–H and O–H groups in total. The molecule has 0 bridgehead atoms. The summed E-state index contributed by atoms with van der Waals surface area (Å²) in [7, 11) is -2.07. The molecule has 2 atom stereocenters. The van der Waals surface area contributed by atoms with Crippen LogP contribution in [0.3, 0.4) is 0 Å². The van der Waals surface area contributed by atoms with E-state index in [9.17, 15) is 8.42 Å². The highest BCUT2D eigenvalue weighted by atomic mass is 35.5. The summed E-state index contributed by atoms with van der Waals surface area (Å²) in [5.41, 5.74) is 2.67. The summed E-state index contributed by atoms with van der Waals surface area (Å²) in [5.74, 6) is 1.08. The van der Waals surface area contributed by atoms with Crippen molar-refractivity contribution in [2.45, 2.75) is 12.1 Å². The molecule has 4 heterocycles. The number of nitrogens with one attached hydrogen (secondary N) is 2. The molecule has 0 unspecified atom stereocenters. The third-order valence-corrected chi connectivity index (χ3v) is 7.03. The molecule has 5 rings (SSSR count). The lowest BCUT2D eigenvalue weighted by Gasteiger charge is -2.29. The number of hydrogen-bond acceptors (Lipinski definition) is 6. The molecule has 12 heteroatoms. The third kappa shape index (κ3) is 5.10. The molecule has 9 nitrogen and oxygen atoms in total. The lowest BCUT2D eigenvalue weighted by atomic mass is 10.0. The van der Waals surface area contributed by atoms with Gasteiger partial charge in [0.25, 0.3) is 0 Å². The molecule has 0 amide bonds. The Balaban J connectivity index is 1.66. The van der Waals surface area contributed by atoms with Gasteiger partial charge in [-0.25, -0.2) is 13.4 Å². The van der Waals surface area contributed by atoms with Gasteiger partial charge in [0, 0.05) is 30.0 Å². The van der Waals surface area contributed by atoms with Crippen molar-refractivity contribution < 1.29 is 13.2 Å². The Hall–Kier alpha value is -3.67. The van der Waals surface area contributed by atoms with Gasteiger partial charge in [-0.3, -0.25) is 9.71 Å². The van der Waals surface area contributed by atoms with Crippen molar-refractivity contribution in [1.82, 2.24) is 19.9 Å². The number of halogens is 1. The number of benzene rings is 1. The van der Waals surface area contributed by atoms with Crippen LogP contribution in [0.5, 0.6) is 5.75 Å². The van der Waals surface area contributed by atoms with Gasteiger partial charge in [-0.05, 0) is 66.8 Å². The van der Waals surface area contributed by atoms with Gasteiger partial charge in [-0.2, -0.15) is 0 Å². The van der Waals surface area contributed by atoms with Crippen LogP contribution in [-0.2, 0) is 10.0 Å². The first-order valence-corrected chi connectivity index (χ1v) is 13.9. The van der Waals surface area contributed by atoms with E-state index in [4.69, 9.17) is 28.6 Å². The van der Waals surface area contributed by atoms with E-state index >= 15 is 0 Å². The molecule has 1 fully saturated rings. The van der Waals surface area contributed by atoms with Gasteiger partial charge in [0.1, 0.15) is 17.6 Å². The Morgan fingerprint density at radius 3 is 2.62 bits per heavy atom. The highest BCUT2D eigenvalue weighted by Gasteiger charge is 2.42. The first-order chi connectivity index (χ1) is 17.7. The van der Waals surface area contributed by atoms with Crippen molar-refractivity contribution in [2.75, 3.05) is 23.0 Å². The van der Waals surface area contributed by atoms with Gasteiger partial charge in [0.05, 0.1) is 35.8 Å². The number of thiocarbonyl (C=S) groups is 1. The predicted molar refractivity (Wildman–Crippen MR) is 148 cm³/mol. The van der Waals surface area contributed by atoms with Gasteiger partial charge in [-0.15, -0.1) is 0 Å². The second-order valence-corrected chi connectivity index (χ2v) is 11.0. The van der Waals surface area contributed by atoms with Gasteiger partial charge in [-0.1, -0.05) is 17.7 Å². The summed E-state index contributed by atoms with van der Waals surface area (Å²) in [6.07, 6.45) is 6.35. The van der Waals surface area contributed by atoms with E-state index in [-0.39, 0.29) is 12.1 Å². The lowest BCUT2D eigenvalue weighted by Crippen LogP contribution is -2.30. The third-order valence-electron chi connectivity index (χ3n) is 5.90. The zero-order valence-corrected chi connectivity index (χ0v) is 22.3. The molecule has 37 heavy (non-hydrogen) atoms. The number of ether oxygens (including phenoxy) is 1. The van der Waals surface area contributed by atoms with Crippen molar-refractivity contribution in [3.8, 4) is 11.6 Å². The van der Waals surface area contributed by atoms with Crippen molar-refractivity contribution in [1.29, 1.82) is 0 Å². The molecule has 0 radical (unpaired) electrons. The predicted octanol–water partition coefficient (Wildman–Crippen LogP) is 4.48. The average molecular weight is 555 g/mol. The second-order valence-electron chi connectivity index (χ2n) is 8.39. The summed E-state index contributed by atoms with van der Waals surface area (Å²) >= 11 is 11.9. The average Bonchev–Trinajstić information content (AvgIpc) is 3.48. The maximum Gasteiger partial charge on any atom is 0.229 e. The van der Waals surface area contributed by atoms with Crippen LogP contribution in [0, 0.1) is 0 Å². The molecule has 4 aromatic rings. The Morgan fingerprint density at radius 2 is 1.95 bits per heavy atom. The van der Waals surface area contributed by atoms with E-state index < -0.39 is 10.0 Å². The van der Waals surface area contributed by atoms with Crippen molar-refractivity contribution >= 4 is 50.3 Å². The smallest absolute Gasteiger partial charge is 0.229 e. The monoisotopic (exact) mass is 554 g/mol. The highest BCUT2D eigenvalue weighted by molar-refractivity contribution is 7.92. The molecule has 0 saturated carbocycles. The lowest BCUT2D eigenvalue weighted by molar-refractivity contribution is 0.417. The van der Waals surface area contributed by atoms with E-state index in [0.717, 1.165) is 17.6 Å². The minimum atomic E-state index is -3.55. The van der Waals surface area contributed by atoms with Crippen LogP contribution in [-0.4, -0.2) is 41.4 Å². The number of hydrogen-bond donors (Lipinski definition) is 2. The van der Waals surface area contributed by atoms with Crippen LogP contribution in [0.4, 0.5) is 11.4 Å². The Labute approximate surface area is 225 Å².